The highest BCUT2D eigenvalue weighted by molar-refractivity contribution is 5.78. The third-order valence-corrected chi connectivity index (χ3v) is 3.67. The van der Waals surface area contributed by atoms with Crippen LogP contribution in [0.1, 0.15) is 25.3 Å². The molecular weight excluding hydrogens is 290 g/mol. The van der Waals surface area contributed by atoms with E-state index in [1.807, 2.05) is 44.4 Å². The Bertz CT molecular complexity index is 474. The van der Waals surface area contributed by atoms with E-state index < -0.39 is 0 Å². The third kappa shape index (κ3) is 8.98. The maximum atomic E-state index is 11.9. The number of nitrogens with one attached hydrogen (secondary N) is 1. The zero-order chi connectivity index (χ0) is 17.1. The zero-order valence-electron chi connectivity index (χ0n) is 14.5. The van der Waals surface area contributed by atoms with Crippen LogP contribution in [-0.4, -0.2) is 61.9 Å². The van der Waals surface area contributed by atoms with E-state index in [0.29, 0.717) is 26.1 Å². The molecular formula is C18H29N3O2. The summed E-state index contributed by atoms with van der Waals surface area (Å²) in [6.07, 6.45) is 2.10. The summed E-state index contributed by atoms with van der Waals surface area (Å²) in [6, 6.07) is 10.1. The van der Waals surface area contributed by atoms with Crippen LogP contribution in [0, 0.1) is 0 Å². The fourth-order valence-corrected chi connectivity index (χ4v) is 2.32. The highest BCUT2D eigenvalue weighted by atomic mass is 16.2. The Kier molecular flexibility index (Phi) is 8.98. The van der Waals surface area contributed by atoms with Gasteiger partial charge in [-0.2, -0.15) is 0 Å². The number of carbonyl (C=O) groups is 2. The number of hydrogen-bond donors (Lipinski definition) is 1. The number of carbonyl (C=O) groups excluding carboxylic acids is 2. The van der Waals surface area contributed by atoms with E-state index in [-0.39, 0.29) is 11.8 Å². The van der Waals surface area contributed by atoms with Gasteiger partial charge in [-0.1, -0.05) is 30.3 Å². The van der Waals surface area contributed by atoms with Crippen molar-refractivity contribution < 1.29 is 9.59 Å². The quantitative estimate of drug-likeness (QED) is 0.712. The molecule has 1 N–H and O–H groups in total. The number of amides is 2. The molecule has 5 heteroatoms. The van der Waals surface area contributed by atoms with Crippen LogP contribution in [-0.2, 0) is 16.0 Å². The van der Waals surface area contributed by atoms with Gasteiger partial charge in [0.15, 0.2) is 0 Å². The van der Waals surface area contributed by atoms with Gasteiger partial charge in [-0.3, -0.25) is 9.59 Å². The van der Waals surface area contributed by atoms with Crippen molar-refractivity contribution in [3.05, 3.63) is 35.9 Å². The van der Waals surface area contributed by atoms with Gasteiger partial charge < -0.3 is 15.1 Å². The second kappa shape index (κ2) is 10.8. The smallest absolute Gasteiger partial charge is 0.221 e. The Hall–Kier alpha value is -1.88. The zero-order valence-corrected chi connectivity index (χ0v) is 14.5. The molecule has 0 aliphatic rings. The molecule has 2 amide bonds. The van der Waals surface area contributed by atoms with Gasteiger partial charge in [0.05, 0.1) is 0 Å². The molecule has 0 aliphatic heterocycles. The van der Waals surface area contributed by atoms with Crippen molar-refractivity contribution in [3.63, 3.8) is 0 Å². The lowest BCUT2D eigenvalue weighted by Crippen LogP contribution is -2.35. The van der Waals surface area contributed by atoms with E-state index in [1.54, 1.807) is 11.8 Å². The summed E-state index contributed by atoms with van der Waals surface area (Å²) in [5.74, 6) is 0.0284. The first-order chi connectivity index (χ1) is 11.0. The van der Waals surface area contributed by atoms with Crippen LogP contribution in [0.2, 0.25) is 0 Å². The number of nitrogens with zero attached hydrogens (tertiary/aromatic N) is 2. The summed E-state index contributed by atoms with van der Waals surface area (Å²) < 4.78 is 0. The highest BCUT2D eigenvalue weighted by Gasteiger charge is 2.10. The third-order valence-electron chi connectivity index (χ3n) is 3.67. The van der Waals surface area contributed by atoms with Crippen molar-refractivity contribution in [2.45, 2.75) is 26.2 Å². The monoisotopic (exact) mass is 319 g/mol. The average molecular weight is 319 g/mol. The molecule has 1 aromatic rings. The van der Waals surface area contributed by atoms with Crippen molar-refractivity contribution in [2.24, 2.45) is 0 Å². The van der Waals surface area contributed by atoms with E-state index >= 15 is 0 Å². The van der Waals surface area contributed by atoms with Crippen molar-refractivity contribution in [1.29, 1.82) is 0 Å². The summed E-state index contributed by atoms with van der Waals surface area (Å²) in [5.41, 5.74) is 1.21. The molecule has 0 aromatic heterocycles. The summed E-state index contributed by atoms with van der Waals surface area (Å²) in [7, 11) is 4.02. The minimum Gasteiger partial charge on any atom is -0.356 e. The summed E-state index contributed by atoms with van der Waals surface area (Å²) >= 11 is 0. The first-order valence-electron chi connectivity index (χ1n) is 8.20. The Morgan fingerprint density at radius 1 is 1.04 bits per heavy atom. The Balaban J connectivity index is 2.22. The molecule has 0 atom stereocenters. The molecule has 0 saturated heterocycles. The Morgan fingerprint density at radius 3 is 2.35 bits per heavy atom. The van der Waals surface area contributed by atoms with Gasteiger partial charge in [-0.25, -0.2) is 0 Å². The summed E-state index contributed by atoms with van der Waals surface area (Å²) in [4.78, 5) is 27.3. The van der Waals surface area contributed by atoms with Gasteiger partial charge in [-0.15, -0.1) is 0 Å². The molecule has 0 fully saturated rings. The van der Waals surface area contributed by atoms with Gasteiger partial charge in [-0.05, 0) is 39.0 Å². The largest absolute Gasteiger partial charge is 0.356 e. The molecule has 23 heavy (non-hydrogen) atoms. The van der Waals surface area contributed by atoms with Crippen LogP contribution >= 0.6 is 0 Å². The van der Waals surface area contributed by atoms with Crippen molar-refractivity contribution in [2.75, 3.05) is 40.3 Å². The lowest BCUT2D eigenvalue weighted by Gasteiger charge is -2.21. The van der Waals surface area contributed by atoms with Crippen LogP contribution in [0.4, 0.5) is 0 Å². The predicted molar refractivity (Wildman–Crippen MR) is 93.2 cm³/mol. The van der Waals surface area contributed by atoms with Crippen LogP contribution in [0.5, 0.6) is 0 Å². The van der Waals surface area contributed by atoms with Crippen molar-refractivity contribution >= 4 is 11.8 Å². The fraction of sp³-hybridized carbons (Fsp3) is 0.556. The van der Waals surface area contributed by atoms with Crippen LogP contribution in [0.15, 0.2) is 30.3 Å². The van der Waals surface area contributed by atoms with E-state index in [9.17, 15) is 9.59 Å². The SMILES string of the molecule is CC(=O)N(CCCN(C)C)CCC(=O)NCCc1ccccc1. The average Bonchev–Trinajstić information content (AvgIpc) is 2.51. The van der Waals surface area contributed by atoms with Gasteiger partial charge in [0.2, 0.25) is 11.8 Å². The number of benzene rings is 1. The molecule has 0 radical (unpaired) electrons. The molecule has 0 bridgehead atoms. The standard InChI is InChI=1S/C18H29N3O2/c1-16(22)21(14-7-13-20(2)3)15-11-18(23)19-12-10-17-8-5-4-6-9-17/h4-6,8-9H,7,10-15H2,1-3H3,(H,19,23). The number of hydrogen-bond acceptors (Lipinski definition) is 3. The molecule has 1 rings (SSSR count). The molecule has 0 aliphatic carbocycles. The minimum atomic E-state index is -0.000194. The van der Waals surface area contributed by atoms with Crippen LogP contribution < -0.4 is 5.32 Å². The lowest BCUT2D eigenvalue weighted by atomic mass is 10.1. The first kappa shape index (κ1) is 19.2. The topological polar surface area (TPSA) is 52.7 Å². The van der Waals surface area contributed by atoms with Crippen LogP contribution in [0.25, 0.3) is 0 Å². The minimum absolute atomic E-state index is 0.000194. The first-order valence-corrected chi connectivity index (χ1v) is 8.20. The second-order valence-corrected chi connectivity index (χ2v) is 6.00. The number of rotatable bonds is 10. The van der Waals surface area contributed by atoms with Gasteiger partial charge in [0, 0.05) is 33.0 Å². The second-order valence-electron chi connectivity index (χ2n) is 6.00. The van der Waals surface area contributed by atoms with E-state index in [1.165, 1.54) is 5.56 Å². The molecule has 0 unspecified atom stereocenters. The molecule has 1 aromatic carbocycles. The molecule has 5 nitrogen and oxygen atoms in total. The molecule has 0 spiro atoms. The highest BCUT2D eigenvalue weighted by Crippen LogP contribution is 1.99. The van der Waals surface area contributed by atoms with E-state index in [2.05, 4.69) is 10.2 Å². The Morgan fingerprint density at radius 2 is 1.74 bits per heavy atom. The normalized spacial score (nSPS) is 10.6. The molecule has 0 saturated carbocycles. The van der Waals surface area contributed by atoms with E-state index in [0.717, 1.165) is 19.4 Å². The van der Waals surface area contributed by atoms with E-state index in [4.69, 9.17) is 0 Å². The fourth-order valence-electron chi connectivity index (χ4n) is 2.32. The van der Waals surface area contributed by atoms with Gasteiger partial charge >= 0.3 is 0 Å². The molecule has 128 valence electrons. The maximum Gasteiger partial charge on any atom is 0.221 e. The van der Waals surface area contributed by atoms with Crippen molar-refractivity contribution in [1.82, 2.24) is 15.1 Å². The summed E-state index contributed by atoms with van der Waals surface area (Å²) in [6.45, 7) is 4.31. The summed E-state index contributed by atoms with van der Waals surface area (Å²) in [5, 5.41) is 2.91. The molecule has 0 heterocycles. The lowest BCUT2D eigenvalue weighted by molar-refractivity contribution is -0.129. The van der Waals surface area contributed by atoms with Crippen molar-refractivity contribution in [3.8, 4) is 0 Å². The van der Waals surface area contributed by atoms with Gasteiger partial charge in [0.25, 0.3) is 0 Å². The predicted octanol–water partition coefficient (Wildman–Crippen LogP) is 1.54. The van der Waals surface area contributed by atoms with Crippen LogP contribution in [0.3, 0.4) is 0 Å². The van der Waals surface area contributed by atoms with Gasteiger partial charge in [0.1, 0.15) is 0 Å². The Labute approximate surface area is 139 Å². The maximum absolute atomic E-state index is 11.9.